The van der Waals surface area contributed by atoms with E-state index in [1.54, 1.807) is 6.07 Å². The highest BCUT2D eigenvalue weighted by atomic mass is 35.5. The van der Waals surface area contributed by atoms with Crippen molar-refractivity contribution in [2.75, 3.05) is 0 Å². The summed E-state index contributed by atoms with van der Waals surface area (Å²) in [4.78, 5) is 0. The summed E-state index contributed by atoms with van der Waals surface area (Å²) in [6.07, 6.45) is 4.92. The van der Waals surface area contributed by atoms with Gasteiger partial charge in [0.05, 0.1) is 0 Å². The van der Waals surface area contributed by atoms with Crippen molar-refractivity contribution < 1.29 is 4.39 Å². The van der Waals surface area contributed by atoms with Gasteiger partial charge >= 0.3 is 0 Å². The summed E-state index contributed by atoms with van der Waals surface area (Å²) >= 11 is 0. The van der Waals surface area contributed by atoms with E-state index in [0.29, 0.717) is 5.92 Å². The molecule has 0 amide bonds. The van der Waals surface area contributed by atoms with Crippen molar-refractivity contribution in [1.29, 1.82) is 0 Å². The fourth-order valence-corrected chi connectivity index (χ4v) is 2.56. The minimum atomic E-state index is -0.138. The van der Waals surface area contributed by atoms with E-state index in [1.807, 2.05) is 13.0 Å². The number of benzene rings is 1. The maximum absolute atomic E-state index is 13.4. The van der Waals surface area contributed by atoms with Crippen molar-refractivity contribution in [2.24, 2.45) is 11.7 Å². The first-order valence-corrected chi connectivity index (χ1v) is 5.70. The Balaban J connectivity index is 0.00000128. The van der Waals surface area contributed by atoms with Gasteiger partial charge in [-0.2, -0.15) is 0 Å². The first-order valence-electron chi connectivity index (χ1n) is 5.70. The van der Waals surface area contributed by atoms with Crippen LogP contribution < -0.4 is 5.73 Å². The number of hydrogen-bond acceptors (Lipinski definition) is 1. The van der Waals surface area contributed by atoms with Crippen LogP contribution in [-0.2, 0) is 0 Å². The number of nitrogens with two attached hydrogens (primary N) is 1. The molecule has 0 heterocycles. The van der Waals surface area contributed by atoms with E-state index in [-0.39, 0.29) is 24.3 Å². The summed E-state index contributed by atoms with van der Waals surface area (Å²) in [6, 6.07) is 5.23. The van der Waals surface area contributed by atoms with Crippen LogP contribution in [0.1, 0.15) is 42.9 Å². The van der Waals surface area contributed by atoms with E-state index >= 15 is 0 Å². The lowest BCUT2D eigenvalue weighted by molar-refractivity contribution is 0.441. The van der Waals surface area contributed by atoms with Gasteiger partial charge in [0.1, 0.15) is 5.82 Å². The lowest BCUT2D eigenvalue weighted by Crippen LogP contribution is -2.20. The largest absolute Gasteiger partial charge is 0.324 e. The van der Waals surface area contributed by atoms with E-state index in [0.717, 1.165) is 11.1 Å². The van der Waals surface area contributed by atoms with Crippen LogP contribution in [0.25, 0.3) is 0 Å². The summed E-state index contributed by atoms with van der Waals surface area (Å²) in [7, 11) is 0. The Morgan fingerprint density at radius 3 is 2.56 bits per heavy atom. The predicted octanol–water partition coefficient (Wildman–Crippen LogP) is 3.75. The SMILES string of the molecule is Cc1c(F)cccc1[C@@H](N)C1CCCC1.Cl. The molecule has 3 heteroatoms. The Morgan fingerprint density at radius 2 is 1.94 bits per heavy atom. The molecule has 0 unspecified atom stereocenters. The van der Waals surface area contributed by atoms with Gasteiger partial charge in [0.25, 0.3) is 0 Å². The second-order valence-corrected chi connectivity index (χ2v) is 4.52. The lowest BCUT2D eigenvalue weighted by atomic mass is 9.90. The van der Waals surface area contributed by atoms with Crippen LogP contribution in [-0.4, -0.2) is 0 Å². The van der Waals surface area contributed by atoms with Crippen LogP contribution in [0.2, 0.25) is 0 Å². The van der Waals surface area contributed by atoms with Gasteiger partial charge in [0.15, 0.2) is 0 Å². The zero-order valence-corrected chi connectivity index (χ0v) is 10.4. The maximum atomic E-state index is 13.4. The molecule has 1 nitrogen and oxygen atoms in total. The Morgan fingerprint density at radius 1 is 1.31 bits per heavy atom. The first-order chi connectivity index (χ1) is 7.20. The Bertz CT molecular complexity index is 348. The fraction of sp³-hybridized carbons (Fsp3) is 0.538. The normalized spacial score (nSPS) is 18.2. The van der Waals surface area contributed by atoms with Crippen molar-refractivity contribution in [3.63, 3.8) is 0 Å². The van der Waals surface area contributed by atoms with Crippen LogP contribution in [0.3, 0.4) is 0 Å². The van der Waals surface area contributed by atoms with Crippen molar-refractivity contribution >= 4 is 12.4 Å². The van der Waals surface area contributed by atoms with Gasteiger partial charge < -0.3 is 5.73 Å². The fourth-order valence-electron chi connectivity index (χ4n) is 2.56. The average molecular weight is 244 g/mol. The highest BCUT2D eigenvalue weighted by molar-refractivity contribution is 5.85. The van der Waals surface area contributed by atoms with E-state index in [9.17, 15) is 4.39 Å². The quantitative estimate of drug-likeness (QED) is 0.841. The topological polar surface area (TPSA) is 26.0 Å². The third kappa shape index (κ3) is 2.55. The minimum Gasteiger partial charge on any atom is -0.324 e. The molecular formula is C13H19ClFN. The maximum Gasteiger partial charge on any atom is 0.126 e. The monoisotopic (exact) mass is 243 g/mol. The highest BCUT2D eigenvalue weighted by Crippen LogP contribution is 2.35. The first kappa shape index (κ1) is 13.5. The summed E-state index contributed by atoms with van der Waals surface area (Å²) in [5, 5.41) is 0. The van der Waals surface area contributed by atoms with Crippen molar-refractivity contribution in [3.05, 3.63) is 35.1 Å². The summed E-state index contributed by atoms with van der Waals surface area (Å²) in [5.41, 5.74) is 7.91. The predicted molar refractivity (Wildman–Crippen MR) is 67.3 cm³/mol. The van der Waals surface area contributed by atoms with Crippen LogP contribution >= 0.6 is 12.4 Å². The van der Waals surface area contributed by atoms with E-state index < -0.39 is 0 Å². The molecular weight excluding hydrogens is 225 g/mol. The molecule has 2 rings (SSSR count). The van der Waals surface area contributed by atoms with Gasteiger partial charge in [0.2, 0.25) is 0 Å². The zero-order valence-electron chi connectivity index (χ0n) is 9.58. The molecule has 90 valence electrons. The molecule has 1 aliphatic carbocycles. The molecule has 1 aromatic rings. The van der Waals surface area contributed by atoms with Crippen LogP contribution in [0.5, 0.6) is 0 Å². The summed E-state index contributed by atoms with van der Waals surface area (Å²) in [6.45, 7) is 1.82. The molecule has 1 aromatic carbocycles. The van der Waals surface area contributed by atoms with Gasteiger partial charge in [-0.15, -0.1) is 12.4 Å². The Labute approximate surface area is 103 Å². The highest BCUT2D eigenvalue weighted by Gasteiger charge is 2.24. The molecule has 1 aliphatic rings. The smallest absolute Gasteiger partial charge is 0.126 e. The molecule has 1 saturated carbocycles. The second kappa shape index (κ2) is 5.65. The lowest BCUT2D eigenvalue weighted by Gasteiger charge is -2.21. The average Bonchev–Trinajstić information content (AvgIpc) is 2.74. The molecule has 16 heavy (non-hydrogen) atoms. The Kier molecular flexibility index (Phi) is 4.75. The van der Waals surface area contributed by atoms with Gasteiger partial charge in [-0.25, -0.2) is 4.39 Å². The van der Waals surface area contributed by atoms with E-state index in [4.69, 9.17) is 5.73 Å². The number of hydrogen-bond donors (Lipinski definition) is 1. The molecule has 0 aromatic heterocycles. The third-order valence-corrected chi connectivity index (χ3v) is 3.58. The van der Waals surface area contributed by atoms with E-state index in [2.05, 4.69) is 0 Å². The zero-order chi connectivity index (χ0) is 10.8. The molecule has 0 radical (unpaired) electrons. The van der Waals surface area contributed by atoms with Crippen LogP contribution in [0.15, 0.2) is 18.2 Å². The molecule has 0 saturated heterocycles. The standard InChI is InChI=1S/C13H18FN.ClH/c1-9-11(7-4-8-12(9)14)13(15)10-5-2-3-6-10;/h4,7-8,10,13H,2-3,5-6,15H2,1H3;1H/t13-;/m0./s1. The molecule has 1 atom stereocenters. The summed E-state index contributed by atoms with van der Waals surface area (Å²) < 4.78 is 13.4. The van der Waals surface area contributed by atoms with Crippen molar-refractivity contribution in [2.45, 2.75) is 38.6 Å². The van der Waals surface area contributed by atoms with Crippen molar-refractivity contribution in [1.82, 2.24) is 0 Å². The molecule has 0 spiro atoms. The summed E-state index contributed by atoms with van der Waals surface area (Å²) in [5.74, 6) is 0.409. The second-order valence-electron chi connectivity index (χ2n) is 4.52. The molecule has 0 aliphatic heterocycles. The molecule has 1 fully saturated rings. The van der Waals surface area contributed by atoms with Crippen molar-refractivity contribution in [3.8, 4) is 0 Å². The minimum absolute atomic E-state index is 0. The van der Waals surface area contributed by atoms with Crippen LogP contribution in [0, 0.1) is 18.7 Å². The van der Waals surface area contributed by atoms with Gasteiger partial charge in [-0.1, -0.05) is 25.0 Å². The number of rotatable bonds is 2. The molecule has 0 bridgehead atoms. The molecule has 2 N–H and O–H groups in total. The van der Waals surface area contributed by atoms with Crippen LogP contribution in [0.4, 0.5) is 4.39 Å². The van der Waals surface area contributed by atoms with Gasteiger partial charge in [0, 0.05) is 6.04 Å². The van der Waals surface area contributed by atoms with E-state index in [1.165, 1.54) is 31.7 Å². The third-order valence-electron chi connectivity index (χ3n) is 3.58. The Hall–Kier alpha value is -0.600. The number of halogens is 2. The van der Waals surface area contributed by atoms with Gasteiger partial charge in [-0.05, 0) is 42.9 Å². The van der Waals surface area contributed by atoms with Gasteiger partial charge in [-0.3, -0.25) is 0 Å².